The maximum Gasteiger partial charge on any atom is 0.308 e. The van der Waals surface area contributed by atoms with Crippen LogP contribution in [0.25, 0.3) is 5.65 Å². The maximum atomic E-state index is 11.3. The molecule has 9 nitrogen and oxygen atoms in total. The first-order valence-electron chi connectivity index (χ1n) is 6.23. The molecule has 1 unspecified atom stereocenters. The maximum absolute atomic E-state index is 11.3. The van der Waals surface area contributed by atoms with Gasteiger partial charge in [0, 0.05) is 13.1 Å². The van der Waals surface area contributed by atoms with Gasteiger partial charge in [-0.2, -0.15) is 4.52 Å². The molecule has 0 N–H and O–H groups in total. The third-order valence-corrected chi connectivity index (χ3v) is 3.18. The predicted molar refractivity (Wildman–Crippen MR) is 67.2 cm³/mol. The summed E-state index contributed by atoms with van der Waals surface area (Å²) in [7, 11) is 1.37. The minimum Gasteiger partial charge on any atom is -0.469 e. The number of anilines is 1. The minimum atomic E-state index is -0.282. The van der Waals surface area contributed by atoms with Crippen LogP contribution in [0.1, 0.15) is 6.42 Å². The molecule has 0 radical (unpaired) electrons. The van der Waals surface area contributed by atoms with E-state index in [0.29, 0.717) is 25.3 Å². The lowest BCUT2D eigenvalue weighted by atomic mass is 10.2. The monoisotopic (exact) mass is 278 g/mol. The molecule has 3 rings (SSSR count). The lowest BCUT2D eigenvalue weighted by Gasteiger charge is -2.33. The highest BCUT2D eigenvalue weighted by atomic mass is 16.5. The second-order valence-corrected chi connectivity index (χ2v) is 4.43. The molecule has 1 atom stereocenters. The molecule has 1 aliphatic rings. The molecule has 106 valence electrons. The summed E-state index contributed by atoms with van der Waals surface area (Å²) in [5.41, 5.74) is 0.582. The van der Waals surface area contributed by atoms with Gasteiger partial charge in [-0.15, -0.1) is 5.10 Å². The van der Waals surface area contributed by atoms with Crippen LogP contribution in [-0.2, 0) is 14.3 Å². The zero-order valence-corrected chi connectivity index (χ0v) is 11.0. The smallest absolute Gasteiger partial charge is 0.308 e. The molecular weight excluding hydrogens is 264 g/mol. The van der Waals surface area contributed by atoms with Crippen LogP contribution in [0, 0.1) is 0 Å². The summed E-state index contributed by atoms with van der Waals surface area (Å²) in [5, 5.41) is 11.4. The van der Waals surface area contributed by atoms with Crippen molar-refractivity contribution in [1.29, 1.82) is 0 Å². The minimum absolute atomic E-state index is 0.206. The van der Waals surface area contributed by atoms with E-state index in [-0.39, 0.29) is 18.5 Å². The summed E-state index contributed by atoms with van der Waals surface area (Å²) < 4.78 is 11.9. The van der Waals surface area contributed by atoms with Crippen molar-refractivity contribution in [2.24, 2.45) is 0 Å². The van der Waals surface area contributed by atoms with Crippen molar-refractivity contribution in [1.82, 2.24) is 25.0 Å². The Kier molecular flexibility index (Phi) is 3.42. The third kappa shape index (κ3) is 2.39. The molecule has 1 fully saturated rings. The molecule has 0 amide bonds. The van der Waals surface area contributed by atoms with Crippen LogP contribution < -0.4 is 4.90 Å². The standard InChI is InChI=1S/C11H14N6O3/c1-19-11(18)4-8-7-16(2-3-20-8)10-6-12-5-9-13-14-15-17(9)10/h5-6,8H,2-4,7H2,1H3. The molecule has 2 aromatic rings. The van der Waals surface area contributed by atoms with E-state index in [4.69, 9.17) is 4.74 Å². The average Bonchev–Trinajstić information content (AvgIpc) is 2.95. The molecule has 1 aliphatic heterocycles. The Balaban J connectivity index is 1.79. The Labute approximate surface area is 114 Å². The predicted octanol–water partition coefficient (Wildman–Crippen LogP) is -0.712. The molecule has 0 spiro atoms. The number of tetrazole rings is 1. The number of morpholine rings is 1. The lowest BCUT2D eigenvalue weighted by Crippen LogP contribution is -2.44. The summed E-state index contributed by atoms with van der Waals surface area (Å²) >= 11 is 0. The number of carbonyl (C=O) groups is 1. The number of fused-ring (bicyclic) bond motifs is 1. The van der Waals surface area contributed by atoms with Crippen LogP contribution in [0.2, 0.25) is 0 Å². The number of esters is 1. The molecule has 1 saturated heterocycles. The van der Waals surface area contributed by atoms with Crippen molar-refractivity contribution in [2.45, 2.75) is 12.5 Å². The Morgan fingerprint density at radius 1 is 1.55 bits per heavy atom. The lowest BCUT2D eigenvalue weighted by molar-refractivity contribution is -0.144. The number of hydrogen-bond acceptors (Lipinski definition) is 8. The number of carbonyl (C=O) groups excluding carboxylic acids is 1. The summed E-state index contributed by atoms with van der Waals surface area (Å²) in [5.74, 6) is 0.501. The Bertz CT molecular complexity index is 615. The van der Waals surface area contributed by atoms with Crippen molar-refractivity contribution in [3.05, 3.63) is 12.4 Å². The first kappa shape index (κ1) is 12.7. The SMILES string of the molecule is COC(=O)CC1CN(c2cncc3nnnn23)CCO1. The molecular formula is C11H14N6O3. The first-order valence-corrected chi connectivity index (χ1v) is 6.23. The summed E-state index contributed by atoms with van der Waals surface area (Å²) in [4.78, 5) is 17.5. The van der Waals surface area contributed by atoms with E-state index < -0.39 is 0 Å². The number of rotatable bonds is 3. The Hall–Kier alpha value is -2.29. The number of ether oxygens (including phenoxy) is 2. The van der Waals surface area contributed by atoms with Crippen LogP contribution in [0.15, 0.2) is 12.4 Å². The van der Waals surface area contributed by atoms with Gasteiger partial charge in [0.15, 0.2) is 11.5 Å². The summed E-state index contributed by atoms with van der Waals surface area (Å²) in [6, 6.07) is 0. The van der Waals surface area contributed by atoms with Gasteiger partial charge in [0.2, 0.25) is 0 Å². The van der Waals surface area contributed by atoms with Gasteiger partial charge >= 0.3 is 5.97 Å². The van der Waals surface area contributed by atoms with Gasteiger partial charge in [0.25, 0.3) is 0 Å². The van der Waals surface area contributed by atoms with Gasteiger partial charge in [-0.3, -0.25) is 9.78 Å². The van der Waals surface area contributed by atoms with E-state index in [9.17, 15) is 4.79 Å². The second-order valence-electron chi connectivity index (χ2n) is 4.43. The fraction of sp³-hybridized carbons (Fsp3) is 0.545. The number of nitrogens with zero attached hydrogens (tertiary/aromatic N) is 6. The van der Waals surface area contributed by atoms with E-state index >= 15 is 0 Å². The number of hydrogen-bond donors (Lipinski definition) is 0. The van der Waals surface area contributed by atoms with Crippen LogP contribution >= 0.6 is 0 Å². The number of aromatic nitrogens is 5. The number of methoxy groups -OCH3 is 1. The van der Waals surface area contributed by atoms with Crippen molar-refractivity contribution >= 4 is 17.4 Å². The molecule has 9 heteroatoms. The topological polar surface area (TPSA) is 94.7 Å². The van der Waals surface area contributed by atoms with Crippen molar-refractivity contribution in [2.75, 3.05) is 31.7 Å². The van der Waals surface area contributed by atoms with Crippen molar-refractivity contribution < 1.29 is 14.3 Å². The van der Waals surface area contributed by atoms with Crippen LogP contribution in [0.3, 0.4) is 0 Å². The van der Waals surface area contributed by atoms with E-state index in [2.05, 4.69) is 25.2 Å². The molecule has 2 aromatic heterocycles. The highest BCUT2D eigenvalue weighted by Crippen LogP contribution is 2.18. The van der Waals surface area contributed by atoms with E-state index in [1.54, 1.807) is 16.9 Å². The summed E-state index contributed by atoms with van der Waals surface area (Å²) in [6.45, 7) is 1.79. The van der Waals surface area contributed by atoms with Gasteiger partial charge in [-0.05, 0) is 10.4 Å². The van der Waals surface area contributed by atoms with Gasteiger partial charge in [0.1, 0.15) is 0 Å². The quantitative estimate of drug-likeness (QED) is 0.679. The van der Waals surface area contributed by atoms with Crippen LogP contribution in [-0.4, -0.2) is 63.9 Å². The van der Waals surface area contributed by atoms with Gasteiger partial charge in [-0.1, -0.05) is 0 Å². The largest absolute Gasteiger partial charge is 0.469 e. The zero-order valence-electron chi connectivity index (χ0n) is 11.0. The van der Waals surface area contributed by atoms with Gasteiger partial charge < -0.3 is 14.4 Å². The third-order valence-electron chi connectivity index (χ3n) is 3.18. The second kappa shape index (κ2) is 5.37. The van der Waals surface area contributed by atoms with E-state index in [1.165, 1.54) is 7.11 Å². The molecule has 0 aromatic carbocycles. The van der Waals surface area contributed by atoms with E-state index in [0.717, 1.165) is 5.82 Å². The molecule has 0 saturated carbocycles. The van der Waals surface area contributed by atoms with Crippen LogP contribution in [0.5, 0.6) is 0 Å². The normalized spacial score (nSPS) is 19.2. The Morgan fingerprint density at radius 2 is 2.45 bits per heavy atom. The molecule has 3 heterocycles. The highest BCUT2D eigenvalue weighted by Gasteiger charge is 2.25. The van der Waals surface area contributed by atoms with Crippen LogP contribution in [0.4, 0.5) is 5.82 Å². The Morgan fingerprint density at radius 3 is 3.30 bits per heavy atom. The highest BCUT2D eigenvalue weighted by molar-refractivity contribution is 5.70. The molecule has 0 aliphatic carbocycles. The van der Waals surface area contributed by atoms with Gasteiger partial charge in [-0.25, -0.2) is 0 Å². The van der Waals surface area contributed by atoms with Crippen molar-refractivity contribution in [3.8, 4) is 0 Å². The molecule has 20 heavy (non-hydrogen) atoms. The zero-order chi connectivity index (χ0) is 13.9. The average molecular weight is 278 g/mol. The fourth-order valence-corrected chi connectivity index (χ4v) is 2.20. The fourth-order valence-electron chi connectivity index (χ4n) is 2.20. The first-order chi connectivity index (χ1) is 9.78. The summed E-state index contributed by atoms with van der Waals surface area (Å²) in [6.07, 6.45) is 3.31. The van der Waals surface area contributed by atoms with Gasteiger partial charge in [0.05, 0.1) is 38.6 Å². The van der Waals surface area contributed by atoms with Crippen molar-refractivity contribution in [3.63, 3.8) is 0 Å². The van der Waals surface area contributed by atoms with E-state index in [1.807, 2.05) is 4.90 Å². The molecule has 0 bridgehead atoms.